The number of likely N-dealkylation sites (N-methyl/N-ethyl adjacent to an activating group) is 1. The van der Waals surface area contributed by atoms with E-state index in [0.29, 0.717) is 11.3 Å². The monoisotopic (exact) mass is 379 g/mol. The van der Waals surface area contributed by atoms with Gasteiger partial charge in [0.1, 0.15) is 0 Å². The van der Waals surface area contributed by atoms with E-state index >= 15 is 0 Å². The van der Waals surface area contributed by atoms with Gasteiger partial charge in [-0.1, -0.05) is 11.6 Å². The first kappa shape index (κ1) is 19.5. The first-order chi connectivity index (χ1) is 12.3. The summed E-state index contributed by atoms with van der Waals surface area (Å²) in [5.41, 5.74) is 0.641. The standard InChI is InChI=1S/C17H18ClN3O5/c1-3-26-17(23)19(2)11-16(22)14-5-4-8-20(14)10-12-6-7-13(18)9-15(12)21(24)25/h4-9H,3,10-11H2,1-2H3. The third kappa shape index (κ3) is 4.60. The molecule has 9 heteroatoms. The number of nitrogens with zero attached hydrogens (tertiary/aromatic N) is 3. The summed E-state index contributed by atoms with van der Waals surface area (Å²) >= 11 is 5.82. The molecule has 0 saturated carbocycles. The molecule has 0 spiro atoms. The van der Waals surface area contributed by atoms with Gasteiger partial charge in [0.05, 0.1) is 30.3 Å². The molecule has 0 atom stereocenters. The number of nitro benzene ring substituents is 1. The highest BCUT2D eigenvalue weighted by Crippen LogP contribution is 2.24. The Morgan fingerprint density at radius 1 is 1.35 bits per heavy atom. The zero-order chi connectivity index (χ0) is 19.3. The summed E-state index contributed by atoms with van der Waals surface area (Å²) in [6.45, 7) is 1.86. The Labute approximate surface area is 155 Å². The van der Waals surface area contributed by atoms with E-state index in [4.69, 9.17) is 16.3 Å². The highest BCUT2D eigenvalue weighted by atomic mass is 35.5. The molecule has 0 bridgehead atoms. The van der Waals surface area contributed by atoms with E-state index in [1.54, 1.807) is 42.0 Å². The average molecular weight is 380 g/mol. The van der Waals surface area contributed by atoms with Gasteiger partial charge in [0.25, 0.3) is 5.69 Å². The number of ether oxygens (including phenoxy) is 1. The van der Waals surface area contributed by atoms with Gasteiger partial charge in [-0.3, -0.25) is 14.9 Å². The minimum absolute atomic E-state index is 0.117. The summed E-state index contributed by atoms with van der Waals surface area (Å²) in [5.74, 6) is -0.304. The number of Topliss-reactive ketones (excluding diaryl/α,β-unsaturated/α-hetero) is 1. The van der Waals surface area contributed by atoms with Crippen molar-refractivity contribution in [1.29, 1.82) is 0 Å². The van der Waals surface area contributed by atoms with Crippen molar-refractivity contribution in [1.82, 2.24) is 9.47 Å². The molecule has 2 aromatic rings. The van der Waals surface area contributed by atoms with E-state index < -0.39 is 11.0 Å². The number of ketones is 1. The van der Waals surface area contributed by atoms with E-state index in [1.165, 1.54) is 18.0 Å². The van der Waals surface area contributed by atoms with Crippen LogP contribution in [0.5, 0.6) is 0 Å². The van der Waals surface area contributed by atoms with Crippen molar-refractivity contribution >= 4 is 29.2 Å². The lowest BCUT2D eigenvalue weighted by Gasteiger charge is -2.16. The molecule has 0 fully saturated rings. The highest BCUT2D eigenvalue weighted by Gasteiger charge is 2.20. The van der Waals surface area contributed by atoms with Crippen molar-refractivity contribution < 1.29 is 19.2 Å². The molecule has 1 heterocycles. The van der Waals surface area contributed by atoms with Gasteiger partial charge < -0.3 is 14.2 Å². The first-order valence-corrected chi connectivity index (χ1v) is 8.20. The number of nitro groups is 1. The Bertz CT molecular complexity index is 834. The fraction of sp³-hybridized carbons (Fsp3) is 0.294. The molecule has 1 aromatic heterocycles. The van der Waals surface area contributed by atoms with Crippen molar-refractivity contribution in [3.63, 3.8) is 0 Å². The van der Waals surface area contributed by atoms with Crippen LogP contribution in [0.1, 0.15) is 23.0 Å². The van der Waals surface area contributed by atoms with E-state index in [-0.39, 0.29) is 36.2 Å². The van der Waals surface area contributed by atoms with Crippen molar-refractivity contribution in [2.45, 2.75) is 13.5 Å². The number of rotatable bonds is 7. The Morgan fingerprint density at radius 2 is 2.08 bits per heavy atom. The second-order valence-electron chi connectivity index (χ2n) is 5.53. The lowest BCUT2D eigenvalue weighted by atomic mass is 10.1. The van der Waals surface area contributed by atoms with Crippen LogP contribution in [0.15, 0.2) is 36.5 Å². The molecule has 1 aromatic carbocycles. The molecule has 138 valence electrons. The topological polar surface area (TPSA) is 94.7 Å². The average Bonchev–Trinajstić information content (AvgIpc) is 3.04. The Kier molecular flexibility index (Phi) is 6.35. The SMILES string of the molecule is CCOC(=O)N(C)CC(=O)c1cccn1Cc1ccc(Cl)cc1[N+](=O)[O-]. The molecule has 0 aliphatic carbocycles. The van der Waals surface area contributed by atoms with Crippen LogP contribution in [0, 0.1) is 10.1 Å². The highest BCUT2D eigenvalue weighted by molar-refractivity contribution is 6.30. The Hall–Kier alpha value is -2.87. The Morgan fingerprint density at radius 3 is 2.73 bits per heavy atom. The molecule has 8 nitrogen and oxygen atoms in total. The van der Waals surface area contributed by atoms with E-state index in [1.807, 2.05) is 0 Å². The lowest BCUT2D eigenvalue weighted by Crippen LogP contribution is -2.33. The first-order valence-electron chi connectivity index (χ1n) is 7.82. The molecule has 26 heavy (non-hydrogen) atoms. The minimum Gasteiger partial charge on any atom is -0.450 e. The van der Waals surface area contributed by atoms with Gasteiger partial charge in [-0.05, 0) is 31.2 Å². The van der Waals surface area contributed by atoms with Crippen molar-refractivity contribution in [3.8, 4) is 0 Å². The predicted molar refractivity (Wildman–Crippen MR) is 95.6 cm³/mol. The maximum Gasteiger partial charge on any atom is 0.409 e. The fourth-order valence-electron chi connectivity index (χ4n) is 2.42. The second kappa shape index (κ2) is 8.48. The zero-order valence-corrected chi connectivity index (χ0v) is 15.1. The van der Waals surface area contributed by atoms with Crippen LogP contribution in [-0.2, 0) is 11.3 Å². The van der Waals surface area contributed by atoms with Gasteiger partial charge >= 0.3 is 6.09 Å². The van der Waals surface area contributed by atoms with Crippen LogP contribution in [-0.4, -0.2) is 46.5 Å². The van der Waals surface area contributed by atoms with Crippen LogP contribution >= 0.6 is 11.6 Å². The molecule has 2 rings (SSSR count). The van der Waals surface area contributed by atoms with E-state index in [2.05, 4.69) is 0 Å². The van der Waals surface area contributed by atoms with Crippen molar-refractivity contribution in [3.05, 3.63) is 62.9 Å². The summed E-state index contributed by atoms with van der Waals surface area (Å²) in [7, 11) is 1.47. The zero-order valence-electron chi connectivity index (χ0n) is 14.3. The molecule has 0 aliphatic heterocycles. The maximum absolute atomic E-state index is 12.5. The summed E-state index contributed by atoms with van der Waals surface area (Å²) in [6.07, 6.45) is 1.06. The Balaban J connectivity index is 2.20. The number of hydrogen-bond donors (Lipinski definition) is 0. The van der Waals surface area contributed by atoms with E-state index in [9.17, 15) is 19.7 Å². The molecular formula is C17H18ClN3O5. The molecular weight excluding hydrogens is 362 g/mol. The summed E-state index contributed by atoms with van der Waals surface area (Å²) in [5, 5.41) is 11.5. The second-order valence-corrected chi connectivity index (χ2v) is 5.97. The molecule has 1 amide bonds. The lowest BCUT2D eigenvalue weighted by molar-refractivity contribution is -0.385. The van der Waals surface area contributed by atoms with Gasteiger partial charge in [-0.25, -0.2) is 4.79 Å². The van der Waals surface area contributed by atoms with Gasteiger partial charge in [0, 0.05) is 29.9 Å². The smallest absolute Gasteiger partial charge is 0.409 e. The van der Waals surface area contributed by atoms with Gasteiger partial charge in [-0.15, -0.1) is 0 Å². The summed E-state index contributed by atoms with van der Waals surface area (Å²) in [6, 6.07) is 7.65. The van der Waals surface area contributed by atoms with Gasteiger partial charge in [0.15, 0.2) is 5.78 Å². The maximum atomic E-state index is 12.5. The number of benzene rings is 1. The third-order valence-corrected chi connectivity index (χ3v) is 3.90. The quantitative estimate of drug-likeness (QED) is 0.417. The summed E-state index contributed by atoms with van der Waals surface area (Å²) < 4.78 is 6.44. The molecule has 0 radical (unpaired) electrons. The van der Waals surface area contributed by atoms with Gasteiger partial charge in [0.2, 0.25) is 0 Å². The number of amides is 1. The third-order valence-electron chi connectivity index (χ3n) is 3.66. The number of aromatic nitrogens is 1. The normalized spacial score (nSPS) is 10.4. The molecule has 0 aliphatic rings. The van der Waals surface area contributed by atoms with Crippen LogP contribution in [0.2, 0.25) is 5.02 Å². The molecule has 0 saturated heterocycles. The van der Waals surface area contributed by atoms with Crippen molar-refractivity contribution in [2.75, 3.05) is 20.2 Å². The molecule has 0 N–H and O–H groups in total. The largest absolute Gasteiger partial charge is 0.450 e. The van der Waals surface area contributed by atoms with Crippen LogP contribution in [0.3, 0.4) is 0 Å². The van der Waals surface area contributed by atoms with E-state index in [0.717, 1.165) is 0 Å². The number of carbonyl (C=O) groups is 2. The van der Waals surface area contributed by atoms with Crippen LogP contribution < -0.4 is 0 Å². The minimum atomic E-state index is -0.590. The van der Waals surface area contributed by atoms with Crippen LogP contribution in [0.25, 0.3) is 0 Å². The summed E-state index contributed by atoms with van der Waals surface area (Å²) in [4.78, 5) is 36.0. The van der Waals surface area contributed by atoms with Gasteiger partial charge in [-0.2, -0.15) is 0 Å². The molecule has 0 unspecified atom stereocenters. The van der Waals surface area contributed by atoms with Crippen LogP contribution in [0.4, 0.5) is 10.5 Å². The number of hydrogen-bond acceptors (Lipinski definition) is 5. The van der Waals surface area contributed by atoms with Crippen molar-refractivity contribution in [2.24, 2.45) is 0 Å². The number of carbonyl (C=O) groups excluding carboxylic acids is 2. The fourth-order valence-corrected chi connectivity index (χ4v) is 2.59. The predicted octanol–water partition coefficient (Wildman–Crippen LogP) is 3.37. The number of halogens is 1.